The van der Waals surface area contributed by atoms with Crippen molar-refractivity contribution in [3.8, 4) is 0 Å². The molecule has 0 aromatic carbocycles. The van der Waals surface area contributed by atoms with E-state index in [2.05, 4.69) is 10.2 Å². The van der Waals surface area contributed by atoms with Crippen molar-refractivity contribution >= 4 is 57.1 Å². The summed E-state index contributed by atoms with van der Waals surface area (Å²) in [7, 11) is 1.37. The third-order valence-electron chi connectivity index (χ3n) is 4.54. The number of carbonyl (C=O) groups is 1. The molecule has 0 atom stereocenters. The fourth-order valence-corrected chi connectivity index (χ4v) is 4.56. The molecule has 0 saturated carbocycles. The molecule has 0 aliphatic carbocycles. The van der Waals surface area contributed by atoms with Gasteiger partial charge in [-0.05, 0) is 27.7 Å². The van der Waals surface area contributed by atoms with Crippen LogP contribution >= 0.6 is 11.3 Å². The number of thiophene rings is 1. The maximum absolute atomic E-state index is 12.7. The Morgan fingerprint density at radius 1 is 1.30 bits per heavy atom. The van der Waals surface area contributed by atoms with Crippen LogP contribution in [0, 0.1) is 13.8 Å². The first-order chi connectivity index (χ1) is 12.1. The summed E-state index contributed by atoms with van der Waals surface area (Å²) in [6.45, 7) is 7.37. The number of aromatic nitrogens is 4. The van der Waals surface area contributed by atoms with Crippen LogP contribution in [-0.2, 0) is 13.5 Å². The van der Waals surface area contributed by atoms with Gasteiger partial charge in [0, 0.05) is 35.6 Å². The summed E-state index contributed by atoms with van der Waals surface area (Å²) >= 11 is 1.19. The number of fused-ring (bicyclic) bond motifs is 1. The number of hydrogen-bond acceptors (Lipinski definition) is 5. The van der Waals surface area contributed by atoms with Gasteiger partial charge in [-0.25, -0.2) is 9.59 Å². The standard InChI is InChI=1S/C17H20N4O4S.Na.H/c1-7(2)21-15-13(14(22)20(5)17(21)25)12(16(23)24)11(26-15)6-10-8(3)18-19-9(10)4;;/h7H,6H2,1-5H3,(H,18,19)(H,23,24);;. The second kappa shape index (κ2) is 7.75. The van der Waals surface area contributed by atoms with E-state index in [0.717, 1.165) is 21.5 Å². The first kappa shape index (κ1) is 21.6. The SMILES string of the molecule is Cc1n[nH]c(C)c1Cc1sc2c(c1C(=O)O)c(=O)n(C)c(=O)n2C(C)C.[NaH]. The molecule has 10 heteroatoms. The van der Waals surface area contributed by atoms with E-state index in [1.54, 1.807) is 0 Å². The average Bonchev–Trinajstić information content (AvgIpc) is 3.08. The quantitative estimate of drug-likeness (QED) is 0.642. The van der Waals surface area contributed by atoms with Gasteiger partial charge in [0.15, 0.2) is 0 Å². The van der Waals surface area contributed by atoms with E-state index in [0.29, 0.717) is 16.1 Å². The summed E-state index contributed by atoms with van der Waals surface area (Å²) in [6.07, 6.45) is 0.338. The predicted molar refractivity (Wildman–Crippen MR) is 107 cm³/mol. The van der Waals surface area contributed by atoms with Crippen molar-refractivity contribution in [2.45, 2.75) is 40.2 Å². The van der Waals surface area contributed by atoms with Crippen molar-refractivity contribution in [1.82, 2.24) is 19.3 Å². The molecule has 3 rings (SSSR count). The Bertz CT molecular complexity index is 1130. The fraction of sp³-hybridized carbons (Fsp3) is 0.412. The monoisotopic (exact) mass is 400 g/mol. The van der Waals surface area contributed by atoms with Crippen LogP contribution in [-0.4, -0.2) is 60.0 Å². The van der Waals surface area contributed by atoms with E-state index in [1.165, 1.54) is 23.0 Å². The maximum atomic E-state index is 12.7. The molecule has 0 fully saturated rings. The Hall–Kier alpha value is -1.68. The molecule has 3 aromatic rings. The zero-order valence-electron chi connectivity index (χ0n) is 15.2. The predicted octanol–water partition coefficient (Wildman–Crippen LogP) is 1.32. The average molecular weight is 400 g/mol. The normalized spacial score (nSPS) is 11.2. The van der Waals surface area contributed by atoms with Crippen LogP contribution in [0.1, 0.15) is 52.1 Å². The number of carboxylic acid groups (broad SMARTS) is 1. The van der Waals surface area contributed by atoms with Crippen molar-refractivity contribution in [2.24, 2.45) is 7.05 Å². The minimum absolute atomic E-state index is 0. The van der Waals surface area contributed by atoms with Crippen molar-refractivity contribution in [3.63, 3.8) is 0 Å². The Labute approximate surface area is 181 Å². The van der Waals surface area contributed by atoms with Crippen molar-refractivity contribution in [2.75, 3.05) is 0 Å². The number of aromatic carboxylic acids is 1. The van der Waals surface area contributed by atoms with Crippen molar-refractivity contribution in [3.05, 3.63) is 48.2 Å². The van der Waals surface area contributed by atoms with Crippen LogP contribution < -0.4 is 11.2 Å². The van der Waals surface area contributed by atoms with Crippen LogP contribution in [0.15, 0.2) is 9.59 Å². The number of rotatable bonds is 4. The molecule has 0 saturated heterocycles. The van der Waals surface area contributed by atoms with Gasteiger partial charge in [0.25, 0.3) is 5.56 Å². The molecule has 3 heterocycles. The van der Waals surface area contributed by atoms with E-state index >= 15 is 0 Å². The van der Waals surface area contributed by atoms with Crippen LogP contribution in [0.2, 0.25) is 0 Å². The van der Waals surface area contributed by atoms with Gasteiger partial charge in [0.05, 0.1) is 16.6 Å². The van der Waals surface area contributed by atoms with Crippen LogP contribution in [0.25, 0.3) is 10.2 Å². The summed E-state index contributed by atoms with van der Waals surface area (Å²) in [6, 6.07) is -0.206. The van der Waals surface area contributed by atoms with Gasteiger partial charge in [-0.3, -0.25) is 19.0 Å². The summed E-state index contributed by atoms with van der Waals surface area (Å²) in [4.78, 5) is 38.1. The molecule has 0 amide bonds. The van der Waals surface area contributed by atoms with Crippen LogP contribution in [0.3, 0.4) is 0 Å². The van der Waals surface area contributed by atoms with E-state index in [4.69, 9.17) is 0 Å². The number of nitrogens with zero attached hydrogens (tertiary/aromatic N) is 3. The Morgan fingerprint density at radius 2 is 1.93 bits per heavy atom. The number of H-pyrrole nitrogens is 1. The molecule has 140 valence electrons. The first-order valence-electron chi connectivity index (χ1n) is 8.15. The summed E-state index contributed by atoms with van der Waals surface area (Å²) in [5.74, 6) is -1.17. The second-order valence-corrected chi connectivity index (χ2v) is 7.67. The molecule has 27 heavy (non-hydrogen) atoms. The van der Waals surface area contributed by atoms with E-state index in [1.807, 2.05) is 27.7 Å². The second-order valence-electron chi connectivity index (χ2n) is 6.59. The van der Waals surface area contributed by atoms with Crippen molar-refractivity contribution in [1.29, 1.82) is 0 Å². The zero-order chi connectivity index (χ0) is 19.3. The molecular formula is C17H21N4NaO4S. The van der Waals surface area contributed by atoms with Crippen LogP contribution in [0.5, 0.6) is 0 Å². The molecule has 3 aromatic heterocycles. The Kier molecular flexibility index (Phi) is 6.20. The topological polar surface area (TPSA) is 110 Å². The molecule has 0 aliphatic rings. The molecule has 2 N–H and O–H groups in total. The van der Waals surface area contributed by atoms with Gasteiger partial charge in [-0.2, -0.15) is 5.10 Å². The Balaban J connectivity index is 0.00000261. The molecular weight excluding hydrogens is 379 g/mol. The number of hydrogen-bond donors (Lipinski definition) is 2. The molecule has 8 nitrogen and oxygen atoms in total. The number of aryl methyl sites for hydroxylation is 2. The van der Waals surface area contributed by atoms with E-state index in [9.17, 15) is 19.5 Å². The van der Waals surface area contributed by atoms with Crippen molar-refractivity contribution < 1.29 is 9.90 Å². The number of aromatic amines is 1. The van der Waals surface area contributed by atoms with E-state index < -0.39 is 17.2 Å². The van der Waals surface area contributed by atoms with Gasteiger partial charge in [0.2, 0.25) is 0 Å². The molecule has 0 bridgehead atoms. The van der Waals surface area contributed by atoms with Gasteiger partial charge >= 0.3 is 41.2 Å². The summed E-state index contributed by atoms with van der Waals surface area (Å²) in [5, 5.41) is 16.9. The summed E-state index contributed by atoms with van der Waals surface area (Å²) < 4.78 is 2.45. The van der Waals surface area contributed by atoms with Gasteiger partial charge in [-0.15, -0.1) is 11.3 Å². The fourth-order valence-electron chi connectivity index (χ4n) is 3.14. The third-order valence-corrected chi connectivity index (χ3v) is 5.73. The molecule has 0 spiro atoms. The summed E-state index contributed by atoms with van der Waals surface area (Å²) in [5.41, 5.74) is 1.48. The molecule has 0 radical (unpaired) electrons. The molecule has 0 unspecified atom stereocenters. The number of carboxylic acids is 1. The van der Waals surface area contributed by atoms with Gasteiger partial charge < -0.3 is 5.11 Å². The third kappa shape index (κ3) is 3.44. The van der Waals surface area contributed by atoms with Crippen LogP contribution in [0.4, 0.5) is 0 Å². The van der Waals surface area contributed by atoms with E-state index in [-0.39, 0.29) is 46.5 Å². The first-order valence-corrected chi connectivity index (χ1v) is 8.97. The molecule has 0 aliphatic heterocycles. The number of nitrogens with one attached hydrogen (secondary N) is 1. The Morgan fingerprint density at radius 3 is 2.41 bits per heavy atom. The van der Waals surface area contributed by atoms with Gasteiger partial charge in [-0.1, -0.05) is 0 Å². The van der Waals surface area contributed by atoms with Gasteiger partial charge in [0.1, 0.15) is 4.83 Å². The zero-order valence-corrected chi connectivity index (χ0v) is 16.0. The minimum atomic E-state index is -1.17.